The van der Waals surface area contributed by atoms with Crippen LogP contribution in [0.15, 0.2) is 41.3 Å². The molecule has 9 heteroatoms. The quantitative estimate of drug-likeness (QED) is 0.481. The third kappa shape index (κ3) is 4.41. The number of rotatable bonds is 3. The maximum absolute atomic E-state index is 13.4. The molecule has 0 aliphatic carbocycles. The molecule has 0 bridgehead atoms. The molecule has 0 heterocycles. The fraction of sp³-hybridized carbons (Fsp3) is 0.0714. The van der Waals surface area contributed by atoms with E-state index in [2.05, 4.69) is 0 Å². The summed E-state index contributed by atoms with van der Waals surface area (Å²) in [7, 11) is 0. The number of hydrogen-bond donors (Lipinski definition) is 1. The van der Waals surface area contributed by atoms with Crippen molar-refractivity contribution in [2.24, 2.45) is 0 Å². The van der Waals surface area contributed by atoms with Gasteiger partial charge in [0, 0.05) is 10.5 Å². The normalized spacial score (nSPS) is 11.4. The topological polar surface area (TPSA) is 29.1 Å². The van der Waals surface area contributed by atoms with Crippen LogP contribution in [0.25, 0.3) is 0 Å². The van der Waals surface area contributed by atoms with Gasteiger partial charge in [-0.05, 0) is 48.2 Å². The number of alkyl halides is 3. The second-order valence-electron chi connectivity index (χ2n) is 4.25. The van der Waals surface area contributed by atoms with E-state index in [1.807, 2.05) is 5.32 Å². The van der Waals surface area contributed by atoms with Crippen LogP contribution in [0.5, 0.6) is 0 Å². The highest BCUT2D eigenvalue weighted by atomic mass is 32.2. The summed E-state index contributed by atoms with van der Waals surface area (Å²) in [5.41, 5.74) is -5.11. The lowest BCUT2D eigenvalue weighted by atomic mass is 10.2. The van der Waals surface area contributed by atoms with Crippen LogP contribution in [-0.4, -0.2) is 11.4 Å². The van der Waals surface area contributed by atoms with E-state index in [9.17, 15) is 31.1 Å². The fourth-order valence-electron chi connectivity index (χ4n) is 1.62. The van der Waals surface area contributed by atoms with Crippen molar-refractivity contribution >= 4 is 23.4 Å². The molecule has 0 aliphatic rings. The highest BCUT2D eigenvalue weighted by molar-refractivity contribution is 8.00. The molecule has 0 atom stereocenters. The van der Waals surface area contributed by atoms with Gasteiger partial charge in [0.1, 0.15) is 0 Å². The Labute approximate surface area is 130 Å². The summed E-state index contributed by atoms with van der Waals surface area (Å²) in [6.45, 7) is 0. The van der Waals surface area contributed by atoms with Crippen molar-refractivity contribution < 1.29 is 31.1 Å². The number of anilines is 1. The molecular formula is C14H7F6NOS. The minimum Gasteiger partial charge on any atom is -0.319 e. The summed E-state index contributed by atoms with van der Waals surface area (Å²) in [6, 6.07) is 5.79. The number of carbonyl (C=O) groups excluding carboxylic acids is 1. The zero-order chi connectivity index (χ0) is 17.2. The van der Waals surface area contributed by atoms with Crippen molar-refractivity contribution in [3.8, 4) is 0 Å². The van der Waals surface area contributed by atoms with Gasteiger partial charge in [-0.1, -0.05) is 0 Å². The Bertz CT molecular complexity index is 729. The van der Waals surface area contributed by atoms with Crippen LogP contribution in [0.1, 0.15) is 10.4 Å². The molecule has 0 aliphatic heterocycles. The number of carbonyl (C=O) groups is 1. The molecule has 1 N–H and O–H groups in total. The Balaban J connectivity index is 2.14. The van der Waals surface area contributed by atoms with Gasteiger partial charge in [-0.25, -0.2) is 13.2 Å². The van der Waals surface area contributed by atoms with Crippen molar-refractivity contribution in [3.05, 3.63) is 59.4 Å². The van der Waals surface area contributed by atoms with Crippen LogP contribution in [0.2, 0.25) is 0 Å². The average Bonchev–Trinajstić information content (AvgIpc) is 2.47. The molecule has 2 aromatic carbocycles. The number of benzene rings is 2. The first-order valence-electron chi connectivity index (χ1n) is 5.98. The van der Waals surface area contributed by atoms with Crippen molar-refractivity contribution in [1.82, 2.24) is 0 Å². The van der Waals surface area contributed by atoms with Crippen LogP contribution in [0, 0.1) is 17.5 Å². The van der Waals surface area contributed by atoms with Gasteiger partial charge in [0.2, 0.25) is 0 Å². The number of thioether (sulfide) groups is 1. The summed E-state index contributed by atoms with van der Waals surface area (Å²) in [5, 5.41) is 2.01. The van der Waals surface area contributed by atoms with Crippen LogP contribution in [0.4, 0.5) is 32.0 Å². The van der Waals surface area contributed by atoms with Crippen LogP contribution in [0.3, 0.4) is 0 Å². The Morgan fingerprint density at radius 1 is 0.913 bits per heavy atom. The van der Waals surface area contributed by atoms with E-state index in [4.69, 9.17) is 0 Å². The van der Waals surface area contributed by atoms with E-state index < -0.39 is 34.6 Å². The number of amides is 1. The molecule has 0 fully saturated rings. The van der Waals surface area contributed by atoms with Gasteiger partial charge < -0.3 is 5.32 Å². The third-order valence-electron chi connectivity index (χ3n) is 2.63. The maximum atomic E-state index is 13.4. The number of hydrogen-bond acceptors (Lipinski definition) is 2. The molecule has 23 heavy (non-hydrogen) atoms. The Morgan fingerprint density at radius 2 is 1.52 bits per heavy atom. The van der Waals surface area contributed by atoms with Gasteiger partial charge in [0.05, 0.1) is 5.69 Å². The molecule has 2 rings (SSSR count). The number of nitrogens with one attached hydrogen (secondary N) is 1. The first-order valence-corrected chi connectivity index (χ1v) is 6.79. The molecule has 0 saturated heterocycles. The largest absolute Gasteiger partial charge is 0.446 e. The van der Waals surface area contributed by atoms with Gasteiger partial charge >= 0.3 is 5.51 Å². The molecule has 122 valence electrons. The Kier molecular flexibility index (Phi) is 4.88. The summed E-state index contributed by atoms with van der Waals surface area (Å²) in [4.78, 5) is 11.7. The van der Waals surface area contributed by atoms with Crippen molar-refractivity contribution in [3.63, 3.8) is 0 Å². The van der Waals surface area contributed by atoms with Crippen LogP contribution >= 0.6 is 11.8 Å². The molecule has 0 saturated carbocycles. The molecule has 1 amide bonds. The van der Waals surface area contributed by atoms with Gasteiger partial charge in [-0.2, -0.15) is 13.2 Å². The molecule has 0 spiro atoms. The lowest BCUT2D eigenvalue weighted by Gasteiger charge is -2.09. The van der Waals surface area contributed by atoms with Gasteiger partial charge in [-0.15, -0.1) is 0 Å². The molecule has 2 nitrogen and oxygen atoms in total. The van der Waals surface area contributed by atoms with Gasteiger partial charge in [0.25, 0.3) is 5.91 Å². The monoisotopic (exact) mass is 351 g/mol. The number of halogens is 6. The molecule has 0 aromatic heterocycles. The lowest BCUT2D eigenvalue weighted by Crippen LogP contribution is -2.14. The lowest BCUT2D eigenvalue weighted by molar-refractivity contribution is -0.0328. The SMILES string of the molecule is O=C(Nc1ccc(F)c(F)c1F)c1ccc(SC(F)(F)F)cc1. The standard InChI is InChI=1S/C14H7F6NOS/c15-9-5-6-10(12(17)11(9)16)21-13(22)7-1-3-8(4-2-7)23-14(18,19)20/h1-6H,(H,21,22). The van der Waals surface area contributed by atoms with Crippen molar-refractivity contribution in [1.29, 1.82) is 0 Å². The first kappa shape index (κ1) is 17.2. The summed E-state index contributed by atoms with van der Waals surface area (Å²) in [6.07, 6.45) is 0. The first-order chi connectivity index (χ1) is 10.7. The van der Waals surface area contributed by atoms with Crippen molar-refractivity contribution in [2.75, 3.05) is 5.32 Å². The summed E-state index contributed by atoms with van der Waals surface area (Å²) >= 11 is -0.352. The second-order valence-corrected chi connectivity index (χ2v) is 5.39. The minimum atomic E-state index is -4.46. The van der Waals surface area contributed by atoms with Crippen LogP contribution in [-0.2, 0) is 0 Å². The molecule has 2 aromatic rings. The maximum Gasteiger partial charge on any atom is 0.446 e. The predicted molar refractivity (Wildman–Crippen MR) is 72.6 cm³/mol. The summed E-state index contributed by atoms with van der Waals surface area (Å²) in [5.74, 6) is -5.59. The van der Waals surface area contributed by atoms with E-state index in [1.54, 1.807) is 0 Å². The Hall–Kier alpha value is -2.16. The molecule has 0 unspecified atom stereocenters. The zero-order valence-electron chi connectivity index (χ0n) is 11.0. The smallest absolute Gasteiger partial charge is 0.319 e. The summed E-state index contributed by atoms with van der Waals surface area (Å²) < 4.78 is 75.8. The van der Waals surface area contributed by atoms with E-state index >= 15 is 0 Å². The van der Waals surface area contributed by atoms with Crippen LogP contribution < -0.4 is 5.32 Å². The van der Waals surface area contributed by atoms with Gasteiger partial charge in [0.15, 0.2) is 17.5 Å². The molecule has 0 radical (unpaired) electrons. The van der Waals surface area contributed by atoms with E-state index in [-0.39, 0.29) is 22.2 Å². The van der Waals surface area contributed by atoms with Gasteiger partial charge in [-0.3, -0.25) is 4.79 Å². The Morgan fingerprint density at radius 3 is 2.09 bits per heavy atom. The highest BCUT2D eigenvalue weighted by Crippen LogP contribution is 2.36. The predicted octanol–water partition coefficient (Wildman–Crippen LogP) is 4.97. The van der Waals surface area contributed by atoms with E-state index in [0.29, 0.717) is 6.07 Å². The third-order valence-corrected chi connectivity index (χ3v) is 3.37. The minimum absolute atomic E-state index is 0.0688. The fourth-order valence-corrected chi connectivity index (χ4v) is 2.16. The molecular weight excluding hydrogens is 344 g/mol. The average molecular weight is 351 g/mol. The van der Waals surface area contributed by atoms with E-state index in [0.717, 1.165) is 30.3 Å². The zero-order valence-corrected chi connectivity index (χ0v) is 11.9. The van der Waals surface area contributed by atoms with Crippen molar-refractivity contribution in [2.45, 2.75) is 10.4 Å². The van der Waals surface area contributed by atoms with E-state index in [1.165, 1.54) is 0 Å². The highest BCUT2D eigenvalue weighted by Gasteiger charge is 2.29. The second kappa shape index (κ2) is 6.53.